The van der Waals surface area contributed by atoms with Crippen LogP contribution in [0.5, 0.6) is 0 Å². The van der Waals surface area contributed by atoms with Crippen molar-refractivity contribution in [1.82, 2.24) is 15.5 Å². The highest BCUT2D eigenvalue weighted by Gasteiger charge is 2.19. The summed E-state index contributed by atoms with van der Waals surface area (Å²) >= 11 is 1.84. The Balaban J connectivity index is 0.00000320. The number of thiophene rings is 1. The molecule has 1 aromatic carbocycles. The maximum Gasteiger partial charge on any atom is 0.222 e. The second-order valence-electron chi connectivity index (χ2n) is 7.70. The van der Waals surface area contributed by atoms with E-state index < -0.39 is 0 Å². The van der Waals surface area contributed by atoms with E-state index in [1.807, 2.05) is 16.2 Å². The maximum absolute atomic E-state index is 12.6. The lowest BCUT2D eigenvalue weighted by atomic mass is 9.99. The number of nitrogens with zero attached hydrogens (tertiary/aromatic N) is 2. The largest absolute Gasteiger partial charge is 0.356 e. The van der Waals surface area contributed by atoms with Gasteiger partial charge in [0.25, 0.3) is 0 Å². The zero-order chi connectivity index (χ0) is 20.6. The molecule has 0 aliphatic carbocycles. The van der Waals surface area contributed by atoms with Gasteiger partial charge in [-0.25, -0.2) is 0 Å². The molecule has 3 rings (SSSR count). The van der Waals surface area contributed by atoms with E-state index in [2.05, 4.69) is 65.9 Å². The van der Waals surface area contributed by atoms with Crippen LogP contribution in [-0.4, -0.2) is 42.9 Å². The van der Waals surface area contributed by atoms with E-state index in [1.54, 1.807) is 7.05 Å². The van der Waals surface area contributed by atoms with Gasteiger partial charge in [-0.05, 0) is 49.9 Å². The Hall–Kier alpha value is -1.61. The number of amides is 1. The summed E-state index contributed by atoms with van der Waals surface area (Å²) in [5.74, 6) is 1.04. The molecule has 7 heteroatoms. The lowest BCUT2D eigenvalue weighted by Gasteiger charge is -2.29. The SMILES string of the molecule is CN=C(NCCCC(=O)N1CCc2ccccc2C1)NC(C)Cc1ccc(C)s1.I. The van der Waals surface area contributed by atoms with Crippen LogP contribution in [0.3, 0.4) is 0 Å². The Morgan fingerprint density at radius 3 is 2.70 bits per heavy atom. The Bertz CT molecular complexity index is 851. The summed E-state index contributed by atoms with van der Waals surface area (Å²) in [7, 11) is 1.79. The zero-order valence-electron chi connectivity index (χ0n) is 18.1. The molecule has 0 saturated carbocycles. The predicted molar refractivity (Wildman–Crippen MR) is 137 cm³/mol. The highest BCUT2D eigenvalue weighted by molar-refractivity contribution is 14.0. The first kappa shape index (κ1) is 24.7. The van der Waals surface area contributed by atoms with Gasteiger partial charge in [-0.15, -0.1) is 35.3 Å². The van der Waals surface area contributed by atoms with Crippen LogP contribution >= 0.6 is 35.3 Å². The summed E-state index contributed by atoms with van der Waals surface area (Å²) in [6, 6.07) is 13.1. The summed E-state index contributed by atoms with van der Waals surface area (Å²) in [4.78, 5) is 21.6. The Morgan fingerprint density at radius 2 is 2.00 bits per heavy atom. The van der Waals surface area contributed by atoms with E-state index in [1.165, 1.54) is 20.9 Å². The summed E-state index contributed by atoms with van der Waals surface area (Å²) < 4.78 is 0. The van der Waals surface area contributed by atoms with Gasteiger partial charge < -0.3 is 15.5 Å². The smallest absolute Gasteiger partial charge is 0.222 e. The second kappa shape index (κ2) is 12.3. The van der Waals surface area contributed by atoms with Crippen molar-refractivity contribution < 1.29 is 4.79 Å². The lowest BCUT2D eigenvalue weighted by Crippen LogP contribution is -2.43. The summed E-state index contributed by atoms with van der Waals surface area (Å²) in [5, 5.41) is 6.77. The first-order chi connectivity index (χ1) is 14.0. The molecule has 1 aliphatic rings. The minimum atomic E-state index is 0. The number of carbonyl (C=O) groups is 1. The number of hydrogen-bond donors (Lipinski definition) is 2. The monoisotopic (exact) mass is 540 g/mol. The van der Waals surface area contributed by atoms with E-state index in [0.29, 0.717) is 12.5 Å². The molecule has 5 nitrogen and oxygen atoms in total. The third-order valence-electron chi connectivity index (χ3n) is 5.25. The number of rotatable bonds is 7. The molecule has 0 spiro atoms. The van der Waals surface area contributed by atoms with Crippen LogP contribution < -0.4 is 10.6 Å². The molecule has 1 amide bonds. The topological polar surface area (TPSA) is 56.7 Å². The molecule has 1 unspecified atom stereocenters. The van der Waals surface area contributed by atoms with Crippen LogP contribution in [0.1, 0.15) is 40.6 Å². The van der Waals surface area contributed by atoms with Crippen molar-refractivity contribution in [3.63, 3.8) is 0 Å². The normalized spacial score (nSPS) is 14.5. The fourth-order valence-electron chi connectivity index (χ4n) is 3.69. The van der Waals surface area contributed by atoms with Crippen molar-refractivity contribution in [3.8, 4) is 0 Å². The average molecular weight is 541 g/mol. The van der Waals surface area contributed by atoms with Gasteiger partial charge in [0.2, 0.25) is 5.91 Å². The van der Waals surface area contributed by atoms with Gasteiger partial charge in [0.05, 0.1) is 0 Å². The molecule has 2 N–H and O–H groups in total. The Kier molecular flexibility index (Phi) is 10.1. The number of aryl methyl sites for hydroxylation is 1. The molecule has 2 aromatic rings. The third kappa shape index (κ3) is 7.27. The number of hydrogen-bond acceptors (Lipinski definition) is 3. The first-order valence-corrected chi connectivity index (χ1v) is 11.2. The molecular weight excluding hydrogens is 507 g/mol. The van der Waals surface area contributed by atoms with Crippen LogP contribution in [0.2, 0.25) is 0 Å². The van der Waals surface area contributed by atoms with Gasteiger partial charge in [-0.3, -0.25) is 9.79 Å². The summed E-state index contributed by atoms with van der Waals surface area (Å²) in [6.07, 6.45) is 3.30. The van der Waals surface area contributed by atoms with E-state index in [0.717, 1.165) is 44.9 Å². The molecule has 30 heavy (non-hydrogen) atoms. The number of guanidine groups is 1. The van der Waals surface area contributed by atoms with Crippen LogP contribution in [0, 0.1) is 6.92 Å². The fourth-order valence-corrected chi connectivity index (χ4v) is 4.71. The molecule has 0 bridgehead atoms. The molecule has 2 heterocycles. The number of aliphatic imine (C=N–C) groups is 1. The fraction of sp³-hybridized carbons (Fsp3) is 0.478. The summed E-state index contributed by atoms with van der Waals surface area (Å²) in [5.41, 5.74) is 2.66. The van der Waals surface area contributed by atoms with Crippen molar-refractivity contribution in [2.24, 2.45) is 4.99 Å². The molecule has 164 valence electrons. The van der Waals surface area contributed by atoms with Gasteiger partial charge >= 0.3 is 0 Å². The number of benzene rings is 1. The molecule has 0 radical (unpaired) electrons. The molecule has 0 saturated heterocycles. The van der Waals surface area contributed by atoms with Crippen LogP contribution in [0.15, 0.2) is 41.4 Å². The van der Waals surface area contributed by atoms with Crippen molar-refractivity contribution in [3.05, 3.63) is 57.3 Å². The minimum Gasteiger partial charge on any atom is -0.356 e. The average Bonchev–Trinajstić information content (AvgIpc) is 3.14. The molecule has 1 aromatic heterocycles. The van der Waals surface area contributed by atoms with E-state index in [9.17, 15) is 4.79 Å². The quantitative estimate of drug-likeness (QED) is 0.240. The zero-order valence-corrected chi connectivity index (χ0v) is 21.3. The van der Waals surface area contributed by atoms with Gasteiger partial charge in [0, 0.05) is 55.3 Å². The maximum atomic E-state index is 12.6. The highest BCUT2D eigenvalue weighted by Crippen LogP contribution is 2.19. The highest BCUT2D eigenvalue weighted by atomic mass is 127. The molecule has 1 aliphatic heterocycles. The molecule has 0 fully saturated rings. The first-order valence-electron chi connectivity index (χ1n) is 10.4. The van der Waals surface area contributed by atoms with Crippen molar-refractivity contribution in [1.29, 1.82) is 0 Å². The number of carbonyl (C=O) groups excluding carboxylic acids is 1. The van der Waals surface area contributed by atoms with Crippen molar-refractivity contribution in [2.45, 2.75) is 52.1 Å². The number of halogens is 1. The van der Waals surface area contributed by atoms with Crippen molar-refractivity contribution >= 4 is 47.2 Å². The third-order valence-corrected chi connectivity index (χ3v) is 6.28. The van der Waals surface area contributed by atoms with Gasteiger partial charge in [0.1, 0.15) is 0 Å². The lowest BCUT2D eigenvalue weighted by molar-refractivity contribution is -0.132. The summed E-state index contributed by atoms with van der Waals surface area (Å²) in [6.45, 7) is 6.61. The number of fused-ring (bicyclic) bond motifs is 1. The molecular formula is C23H33IN4OS. The van der Waals surface area contributed by atoms with Gasteiger partial charge in [0.15, 0.2) is 5.96 Å². The van der Waals surface area contributed by atoms with E-state index >= 15 is 0 Å². The van der Waals surface area contributed by atoms with Crippen molar-refractivity contribution in [2.75, 3.05) is 20.1 Å². The predicted octanol–water partition coefficient (Wildman–Crippen LogP) is 4.14. The minimum absolute atomic E-state index is 0. The Morgan fingerprint density at radius 1 is 1.23 bits per heavy atom. The standard InChI is InChI=1S/C23H32N4OS.HI/c1-17(15-21-11-10-18(2)29-21)26-23(24-3)25-13-6-9-22(28)27-14-12-19-7-4-5-8-20(19)16-27;/h4-5,7-8,10-11,17H,6,9,12-16H2,1-3H3,(H2,24,25,26);1H. The van der Waals surface area contributed by atoms with E-state index in [4.69, 9.17) is 0 Å². The van der Waals surface area contributed by atoms with Crippen LogP contribution in [-0.2, 0) is 24.2 Å². The van der Waals surface area contributed by atoms with Gasteiger partial charge in [-0.1, -0.05) is 24.3 Å². The second-order valence-corrected chi connectivity index (χ2v) is 9.07. The van der Waals surface area contributed by atoms with Gasteiger partial charge in [-0.2, -0.15) is 0 Å². The van der Waals surface area contributed by atoms with Crippen LogP contribution in [0.25, 0.3) is 0 Å². The molecule has 1 atom stereocenters. The number of nitrogens with one attached hydrogen (secondary N) is 2. The van der Waals surface area contributed by atoms with Crippen LogP contribution in [0.4, 0.5) is 0 Å². The Labute approximate surface area is 201 Å². The van der Waals surface area contributed by atoms with E-state index in [-0.39, 0.29) is 29.9 Å².